The minimum atomic E-state index is -1.24. The summed E-state index contributed by atoms with van der Waals surface area (Å²) in [5.41, 5.74) is 0.0116. The van der Waals surface area contributed by atoms with Crippen LogP contribution in [0, 0.1) is 5.82 Å². The van der Waals surface area contributed by atoms with Gasteiger partial charge in [0.05, 0.1) is 0 Å². The molecule has 0 aliphatic rings. The van der Waals surface area contributed by atoms with Gasteiger partial charge in [0.15, 0.2) is 5.78 Å². The van der Waals surface area contributed by atoms with Gasteiger partial charge in [-0.05, 0) is 24.3 Å². The number of ketones is 1. The van der Waals surface area contributed by atoms with Crippen molar-refractivity contribution >= 4 is 23.4 Å². The molecular formula is C10H6ClFO3. The second-order valence-electron chi connectivity index (χ2n) is 2.69. The molecular weight excluding hydrogens is 223 g/mol. The molecule has 1 aromatic carbocycles. The van der Waals surface area contributed by atoms with Crippen molar-refractivity contribution in [2.45, 2.75) is 0 Å². The Hall–Kier alpha value is -1.68. The third kappa shape index (κ3) is 3.52. The standard InChI is InChI=1S/C10H6ClFO3/c11-7-3-6(4-8(12)5-7)9(13)1-2-10(14)15/h1-5H,(H,14,15). The van der Waals surface area contributed by atoms with Crippen LogP contribution in [0.25, 0.3) is 0 Å². The van der Waals surface area contributed by atoms with E-state index in [0.717, 1.165) is 18.2 Å². The molecule has 1 rings (SSSR count). The average Bonchev–Trinajstić information content (AvgIpc) is 2.12. The van der Waals surface area contributed by atoms with Gasteiger partial charge >= 0.3 is 5.97 Å². The SMILES string of the molecule is O=C(O)C=CC(=O)c1cc(F)cc(Cl)c1. The predicted octanol–water partition coefficient (Wildman–Crippen LogP) is 2.30. The fourth-order valence-electron chi connectivity index (χ4n) is 0.939. The van der Waals surface area contributed by atoms with Gasteiger partial charge in [0.2, 0.25) is 0 Å². The van der Waals surface area contributed by atoms with Gasteiger partial charge in [-0.2, -0.15) is 0 Å². The van der Waals surface area contributed by atoms with Gasteiger partial charge in [0, 0.05) is 16.7 Å². The number of carbonyl (C=O) groups excluding carboxylic acids is 1. The van der Waals surface area contributed by atoms with Crippen LogP contribution in [-0.4, -0.2) is 16.9 Å². The van der Waals surface area contributed by atoms with Gasteiger partial charge in [-0.25, -0.2) is 9.18 Å². The lowest BCUT2D eigenvalue weighted by Crippen LogP contribution is -1.97. The van der Waals surface area contributed by atoms with Crippen LogP contribution in [0.4, 0.5) is 4.39 Å². The molecule has 0 heterocycles. The van der Waals surface area contributed by atoms with Gasteiger partial charge in [-0.15, -0.1) is 0 Å². The topological polar surface area (TPSA) is 54.4 Å². The molecule has 0 radical (unpaired) electrons. The summed E-state index contributed by atoms with van der Waals surface area (Å²) in [5.74, 6) is -2.50. The van der Waals surface area contributed by atoms with E-state index < -0.39 is 17.6 Å². The van der Waals surface area contributed by atoms with Crippen LogP contribution < -0.4 is 0 Å². The second kappa shape index (κ2) is 4.70. The number of carbonyl (C=O) groups is 2. The highest BCUT2D eigenvalue weighted by atomic mass is 35.5. The van der Waals surface area contributed by atoms with E-state index in [1.165, 1.54) is 6.07 Å². The molecule has 0 unspecified atom stereocenters. The summed E-state index contributed by atoms with van der Waals surface area (Å²) in [6.45, 7) is 0. The van der Waals surface area contributed by atoms with Gasteiger partial charge in [-0.3, -0.25) is 4.79 Å². The molecule has 0 aromatic heterocycles. The number of carboxylic acid groups (broad SMARTS) is 1. The van der Waals surface area contributed by atoms with E-state index in [4.69, 9.17) is 16.7 Å². The van der Waals surface area contributed by atoms with E-state index in [9.17, 15) is 14.0 Å². The summed E-state index contributed by atoms with van der Waals surface area (Å²) >= 11 is 5.52. The Morgan fingerprint density at radius 1 is 1.27 bits per heavy atom. The maximum absolute atomic E-state index is 12.8. The van der Waals surface area contributed by atoms with E-state index in [1.807, 2.05) is 0 Å². The molecule has 0 saturated heterocycles. The maximum atomic E-state index is 12.8. The largest absolute Gasteiger partial charge is 0.478 e. The van der Waals surface area contributed by atoms with Gasteiger partial charge < -0.3 is 5.11 Å². The molecule has 0 aliphatic carbocycles. The van der Waals surface area contributed by atoms with Crippen molar-refractivity contribution in [2.24, 2.45) is 0 Å². The fourth-order valence-corrected chi connectivity index (χ4v) is 1.16. The van der Waals surface area contributed by atoms with Crippen LogP contribution in [0.3, 0.4) is 0 Å². The molecule has 0 fully saturated rings. The molecule has 5 heteroatoms. The summed E-state index contributed by atoms with van der Waals surface area (Å²) < 4.78 is 12.8. The van der Waals surface area contributed by atoms with E-state index in [1.54, 1.807) is 0 Å². The number of carboxylic acids is 1. The van der Waals surface area contributed by atoms with Crippen LogP contribution in [-0.2, 0) is 4.79 Å². The molecule has 0 atom stereocenters. The highest BCUT2D eigenvalue weighted by Crippen LogP contribution is 2.14. The molecule has 1 N–H and O–H groups in total. The summed E-state index contributed by atoms with van der Waals surface area (Å²) in [5, 5.41) is 8.36. The quantitative estimate of drug-likeness (QED) is 0.638. The Labute approximate surface area is 89.8 Å². The zero-order chi connectivity index (χ0) is 11.4. The smallest absolute Gasteiger partial charge is 0.328 e. The van der Waals surface area contributed by atoms with Gasteiger partial charge in [0.25, 0.3) is 0 Å². The molecule has 78 valence electrons. The fraction of sp³-hybridized carbons (Fsp3) is 0. The van der Waals surface area contributed by atoms with Crippen LogP contribution in [0.2, 0.25) is 5.02 Å². The number of aliphatic carboxylic acids is 1. The lowest BCUT2D eigenvalue weighted by atomic mass is 10.1. The number of rotatable bonds is 3. The van der Waals surface area contributed by atoms with Crippen molar-refractivity contribution in [3.05, 3.63) is 46.8 Å². The Bertz CT molecular complexity index is 420. The normalized spacial score (nSPS) is 10.5. The van der Waals surface area contributed by atoms with Crippen LogP contribution in [0.15, 0.2) is 30.4 Å². The minimum absolute atomic E-state index is 0.0116. The minimum Gasteiger partial charge on any atom is -0.478 e. The molecule has 3 nitrogen and oxygen atoms in total. The van der Waals surface area contributed by atoms with Crippen LogP contribution in [0.1, 0.15) is 10.4 Å². The lowest BCUT2D eigenvalue weighted by Gasteiger charge is -1.97. The van der Waals surface area contributed by atoms with E-state index in [-0.39, 0.29) is 10.6 Å². The van der Waals surface area contributed by atoms with Crippen molar-refractivity contribution in [2.75, 3.05) is 0 Å². The van der Waals surface area contributed by atoms with Crippen molar-refractivity contribution in [1.82, 2.24) is 0 Å². The number of benzene rings is 1. The van der Waals surface area contributed by atoms with E-state index >= 15 is 0 Å². The van der Waals surface area contributed by atoms with Gasteiger partial charge in [0.1, 0.15) is 5.82 Å². The highest BCUT2D eigenvalue weighted by molar-refractivity contribution is 6.31. The maximum Gasteiger partial charge on any atom is 0.328 e. The molecule has 15 heavy (non-hydrogen) atoms. The summed E-state index contributed by atoms with van der Waals surface area (Å²) in [6, 6.07) is 3.30. The van der Waals surface area contributed by atoms with Gasteiger partial charge in [-0.1, -0.05) is 11.6 Å². The zero-order valence-corrected chi connectivity index (χ0v) is 8.16. The third-order valence-electron chi connectivity index (χ3n) is 1.52. The Morgan fingerprint density at radius 3 is 2.47 bits per heavy atom. The second-order valence-corrected chi connectivity index (χ2v) is 3.13. The van der Waals surface area contributed by atoms with Crippen molar-refractivity contribution in [1.29, 1.82) is 0 Å². The first-order valence-corrected chi connectivity index (χ1v) is 4.28. The Kier molecular flexibility index (Phi) is 3.57. The summed E-state index contributed by atoms with van der Waals surface area (Å²) in [7, 11) is 0. The summed E-state index contributed by atoms with van der Waals surface area (Å²) in [4.78, 5) is 21.4. The zero-order valence-electron chi connectivity index (χ0n) is 7.41. The summed E-state index contributed by atoms with van der Waals surface area (Å²) in [6.07, 6.45) is 1.52. The molecule has 0 saturated carbocycles. The molecule has 0 amide bonds. The molecule has 0 bridgehead atoms. The van der Waals surface area contributed by atoms with E-state index in [2.05, 4.69) is 0 Å². The first-order valence-electron chi connectivity index (χ1n) is 3.90. The van der Waals surface area contributed by atoms with Crippen molar-refractivity contribution in [3.63, 3.8) is 0 Å². The lowest BCUT2D eigenvalue weighted by molar-refractivity contribution is -0.131. The number of hydrogen-bond donors (Lipinski definition) is 1. The number of hydrogen-bond acceptors (Lipinski definition) is 2. The molecule has 1 aromatic rings. The van der Waals surface area contributed by atoms with Crippen molar-refractivity contribution < 1.29 is 19.1 Å². The first kappa shape index (κ1) is 11.4. The average molecular weight is 229 g/mol. The third-order valence-corrected chi connectivity index (χ3v) is 1.74. The Morgan fingerprint density at radius 2 is 1.93 bits per heavy atom. The van der Waals surface area contributed by atoms with E-state index in [0.29, 0.717) is 6.08 Å². The Balaban J connectivity index is 2.96. The van der Waals surface area contributed by atoms with Crippen LogP contribution in [0.5, 0.6) is 0 Å². The van der Waals surface area contributed by atoms with Crippen molar-refractivity contribution in [3.8, 4) is 0 Å². The van der Waals surface area contributed by atoms with Crippen LogP contribution >= 0.6 is 11.6 Å². The number of halogens is 2. The predicted molar refractivity (Wildman–Crippen MR) is 52.5 cm³/mol. The molecule has 0 aliphatic heterocycles. The number of allylic oxidation sites excluding steroid dienone is 1. The first-order chi connectivity index (χ1) is 6.99. The molecule has 0 spiro atoms. The monoisotopic (exact) mass is 228 g/mol. The highest BCUT2D eigenvalue weighted by Gasteiger charge is 2.05.